The van der Waals surface area contributed by atoms with Crippen molar-refractivity contribution < 1.29 is 0 Å². The van der Waals surface area contributed by atoms with Crippen LogP contribution in [0.1, 0.15) is 18.5 Å². The Morgan fingerprint density at radius 3 is 2.47 bits per heavy atom. The maximum atomic E-state index is 5.74. The second-order valence-corrected chi connectivity index (χ2v) is 5.09. The van der Waals surface area contributed by atoms with Crippen molar-refractivity contribution in [3.63, 3.8) is 0 Å². The molecule has 2 rings (SSSR count). The van der Waals surface area contributed by atoms with Gasteiger partial charge in [0.05, 0.1) is 11.9 Å². The van der Waals surface area contributed by atoms with E-state index in [0.717, 1.165) is 10.2 Å². The van der Waals surface area contributed by atoms with Gasteiger partial charge in [0, 0.05) is 10.5 Å². The number of rotatable bonds is 3. The average molecular weight is 312 g/mol. The molecule has 0 aliphatic heterocycles. The van der Waals surface area contributed by atoms with Crippen molar-refractivity contribution in [2.24, 2.45) is 0 Å². The molecule has 17 heavy (non-hydrogen) atoms. The minimum Gasteiger partial charge on any atom is -0.377 e. The van der Waals surface area contributed by atoms with Crippen LogP contribution in [0.2, 0.25) is 5.15 Å². The SMILES string of the molecule is CC(Nc1ccc(Cl)nc1)c1ccc(Br)cc1. The molecule has 0 bridgehead atoms. The Morgan fingerprint density at radius 2 is 1.88 bits per heavy atom. The lowest BCUT2D eigenvalue weighted by Gasteiger charge is -2.15. The van der Waals surface area contributed by atoms with Gasteiger partial charge in [0.2, 0.25) is 0 Å². The van der Waals surface area contributed by atoms with Gasteiger partial charge in [-0.25, -0.2) is 4.98 Å². The van der Waals surface area contributed by atoms with E-state index in [1.54, 1.807) is 12.3 Å². The van der Waals surface area contributed by atoms with Crippen molar-refractivity contribution in [1.82, 2.24) is 4.98 Å². The third-order valence-corrected chi connectivity index (χ3v) is 3.23. The quantitative estimate of drug-likeness (QED) is 0.833. The molecule has 0 spiro atoms. The van der Waals surface area contributed by atoms with Crippen LogP contribution in [0, 0.1) is 0 Å². The lowest BCUT2D eigenvalue weighted by molar-refractivity contribution is 0.882. The van der Waals surface area contributed by atoms with Gasteiger partial charge in [0.1, 0.15) is 5.15 Å². The molecule has 2 aromatic rings. The second kappa shape index (κ2) is 5.52. The summed E-state index contributed by atoms with van der Waals surface area (Å²) < 4.78 is 1.08. The fourth-order valence-corrected chi connectivity index (χ4v) is 1.92. The van der Waals surface area contributed by atoms with Crippen molar-refractivity contribution >= 4 is 33.2 Å². The highest BCUT2D eigenvalue weighted by atomic mass is 79.9. The topological polar surface area (TPSA) is 24.9 Å². The number of hydrogen-bond donors (Lipinski definition) is 1. The van der Waals surface area contributed by atoms with Gasteiger partial charge in [-0.3, -0.25) is 0 Å². The van der Waals surface area contributed by atoms with Crippen LogP contribution in [-0.2, 0) is 0 Å². The van der Waals surface area contributed by atoms with E-state index in [2.05, 4.69) is 45.3 Å². The van der Waals surface area contributed by atoms with E-state index < -0.39 is 0 Å². The van der Waals surface area contributed by atoms with E-state index in [1.165, 1.54) is 5.56 Å². The van der Waals surface area contributed by atoms with Crippen molar-refractivity contribution in [3.8, 4) is 0 Å². The molecule has 1 unspecified atom stereocenters. The van der Waals surface area contributed by atoms with E-state index in [9.17, 15) is 0 Å². The predicted molar refractivity (Wildman–Crippen MR) is 75.4 cm³/mol. The molecule has 0 aliphatic rings. The van der Waals surface area contributed by atoms with Gasteiger partial charge in [0.15, 0.2) is 0 Å². The van der Waals surface area contributed by atoms with E-state index in [1.807, 2.05) is 18.2 Å². The van der Waals surface area contributed by atoms with Crippen LogP contribution >= 0.6 is 27.5 Å². The summed E-state index contributed by atoms with van der Waals surface area (Å²) in [6, 6.07) is 12.2. The zero-order valence-corrected chi connectivity index (χ0v) is 11.7. The van der Waals surface area contributed by atoms with E-state index in [4.69, 9.17) is 11.6 Å². The minimum atomic E-state index is 0.228. The van der Waals surface area contributed by atoms with Gasteiger partial charge < -0.3 is 5.32 Å². The maximum absolute atomic E-state index is 5.74. The number of nitrogens with zero attached hydrogens (tertiary/aromatic N) is 1. The standard InChI is InChI=1S/C13H12BrClN2/c1-9(10-2-4-11(14)5-3-10)17-12-6-7-13(15)16-8-12/h2-9,17H,1H3. The first kappa shape index (κ1) is 12.4. The summed E-state index contributed by atoms with van der Waals surface area (Å²) in [5.74, 6) is 0. The third kappa shape index (κ3) is 3.45. The molecule has 1 heterocycles. The first-order chi connectivity index (χ1) is 8.15. The van der Waals surface area contributed by atoms with Gasteiger partial charge in [-0.05, 0) is 36.8 Å². The molecule has 4 heteroatoms. The number of halogens is 2. The third-order valence-electron chi connectivity index (χ3n) is 2.48. The Balaban J connectivity index is 2.08. The number of hydrogen-bond acceptors (Lipinski definition) is 2. The average Bonchev–Trinajstić information content (AvgIpc) is 2.33. The zero-order chi connectivity index (χ0) is 12.3. The van der Waals surface area contributed by atoms with Crippen LogP contribution in [0.3, 0.4) is 0 Å². The zero-order valence-electron chi connectivity index (χ0n) is 9.32. The first-order valence-electron chi connectivity index (χ1n) is 5.29. The summed E-state index contributed by atoms with van der Waals surface area (Å²) in [5.41, 5.74) is 2.19. The molecule has 2 nitrogen and oxygen atoms in total. The second-order valence-electron chi connectivity index (χ2n) is 3.79. The highest BCUT2D eigenvalue weighted by Gasteiger charge is 2.05. The molecule has 0 radical (unpaired) electrons. The summed E-state index contributed by atoms with van der Waals surface area (Å²) in [5, 5.41) is 3.87. The Bertz CT molecular complexity index is 482. The van der Waals surface area contributed by atoms with E-state index >= 15 is 0 Å². The summed E-state index contributed by atoms with van der Waals surface area (Å²) in [7, 11) is 0. The number of aromatic nitrogens is 1. The van der Waals surface area contributed by atoms with Crippen LogP contribution in [0.5, 0.6) is 0 Å². The lowest BCUT2D eigenvalue weighted by atomic mass is 10.1. The number of benzene rings is 1. The van der Waals surface area contributed by atoms with Crippen LogP contribution in [0.25, 0.3) is 0 Å². The summed E-state index contributed by atoms with van der Waals surface area (Å²) in [6.45, 7) is 2.11. The largest absolute Gasteiger partial charge is 0.377 e. The maximum Gasteiger partial charge on any atom is 0.129 e. The van der Waals surface area contributed by atoms with Crippen LogP contribution in [0.4, 0.5) is 5.69 Å². The van der Waals surface area contributed by atoms with Gasteiger partial charge >= 0.3 is 0 Å². The lowest BCUT2D eigenvalue weighted by Crippen LogP contribution is -2.06. The van der Waals surface area contributed by atoms with Crippen molar-refractivity contribution in [1.29, 1.82) is 0 Å². The normalized spacial score (nSPS) is 12.2. The molecule has 1 atom stereocenters. The molecule has 1 aromatic carbocycles. The molecule has 1 aromatic heterocycles. The van der Waals surface area contributed by atoms with E-state index in [0.29, 0.717) is 5.15 Å². The van der Waals surface area contributed by atoms with Crippen LogP contribution in [-0.4, -0.2) is 4.98 Å². The number of nitrogens with one attached hydrogen (secondary N) is 1. The Morgan fingerprint density at radius 1 is 1.18 bits per heavy atom. The van der Waals surface area contributed by atoms with Crippen LogP contribution < -0.4 is 5.32 Å². The van der Waals surface area contributed by atoms with Crippen molar-refractivity contribution in [3.05, 3.63) is 57.8 Å². The van der Waals surface area contributed by atoms with Crippen molar-refractivity contribution in [2.75, 3.05) is 5.32 Å². The van der Waals surface area contributed by atoms with Gasteiger partial charge in [0.25, 0.3) is 0 Å². The van der Waals surface area contributed by atoms with Crippen LogP contribution in [0.15, 0.2) is 47.1 Å². The molecule has 1 N–H and O–H groups in total. The molecular weight excluding hydrogens is 300 g/mol. The molecule has 88 valence electrons. The summed E-state index contributed by atoms with van der Waals surface area (Å²) in [4.78, 5) is 4.04. The van der Waals surface area contributed by atoms with Gasteiger partial charge in [-0.15, -0.1) is 0 Å². The summed E-state index contributed by atoms with van der Waals surface area (Å²) in [6.07, 6.45) is 1.73. The Labute approximate surface area is 114 Å². The van der Waals surface area contributed by atoms with Crippen molar-refractivity contribution in [2.45, 2.75) is 13.0 Å². The smallest absolute Gasteiger partial charge is 0.129 e. The predicted octanol–water partition coefficient (Wildman–Crippen LogP) is 4.67. The van der Waals surface area contributed by atoms with E-state index in [-0.39, 0.29) is 6.04 Å². The van der Waals surface area contributed by atoms with Gasteiger partial charge in [-0.2, -0.15) is 0 Å². The monoisotopic (exact) mass is 310 g/mol. The highest BCUT2D eigenvalue weighted by molar-refractivity contribution is 9.10. The molecule has 0 saturated carbocycles. The molecule has 0 amide bonds. The number of pyridine rings is 1. The highest BCUT2D eigenvalue weighted by Crippen LogP contribution is 2.21. The molecular formula is C13H12BrClN2. The minimum absolute atomic E-state index is 0.228. The summed E-state index contributed by atoms with van der Waals surface area (Å²) >= 11 is 9.16. The molecule has 0 fully saturated rings. The molecule has 0 aliphatic carbocycles. The fourth-order valence-electron chi connectivity index (χ4n) is 1.55. The number of anilines is 1. The first-order valence-corrected chi connectivity index (χ1v) is 6.46. The fraction of sp³-hybridized carbons (Fsp3) is 0.154. The Hall–Kier alpha value is -1.06. The molecule has 0 saturated heterocycles. The Kier molecular flexibility index (Phi) is 4.02. The van der Waals surface area contributed by atoms with Gasteiger partial charge in [-0.1, -0.05) is 39.7 Å².